The van der Waals surface area contributed by atoms with E-state index in [9.17, 15) is 0 Å². The summed E-state index contributed by atoms with van der Waals surface area (Å²) in [7, 11) is 0. The van der Waals surface area contributed by atoms with Crippen LogP contribution >= 0.6 is 0 Å². The number of fused-ring (bicyclic) bond motifs is 1. The van der Waals surface area contributed by atoms with Crippen LogP contribution in [0, 0.1) is 18.3 Å². The minimum atomic E-state index is 0. The van der Waals surface area contributed by atoms with Gasteiger partial charge in [0, 0.05) is 30.4 Å². The Balaban J connectivity index is 0.00000146. The number of aryl methyl sites for hydroxylation is 1. The third-order valence-corrected chi connectivity index (χ3v) is 4.87. The Morgan fingerprint density at radius 1 is 1.00 bits per heavy atom. The zero-order valence-electron chi connectivity index (χ0n) is 17.2. The van der Waals surface area contributed by atoms with Crippen LogP contribution in [-0.2, 0) is 6.42 Å². The maximum atomic E-state index is 7.32. The van der Waals surface area contributed by atoms with Crippen molar-refractivity contribution < 1.29 is 28.5 Å². The fraction of sp³-hybridized carbons (Fsp3) is 0.591. The lowest BCUT2D eigenvalue weighted by Gasteiger charge is -2.38. The van der Waals surface area contributed by atoms with Gasteiger partial charge in [-0.25, -0.2) is 0 Å². The summed E-state index contributed by atoms with van der Waals surface area (Å²) in [6.07, 6.45) is 7.26. The molecule has 4 heteroatoms. The highest BCUT2D eigenvalue weighted by atomic mass is 127. The molecule has 0 aliphatic carbocycles. The van der Waals surface area contributed by atoms with E-state index in [1.54, 1.807) is 6.07 Å². The Morgan fingerprint density at radius 2 is 1.54 bits per heavy atom. The summed E-state index contributed by atoms with van der Waals surface area (Å²) < 4.78 is 1.29. The Bertz CT molecular complexity index is 653. The quantitative estimate of drug-likeness (QED) is 0.445. The van der Waals surface area contributed by atoms with Crippen molar-refractivity contribution in [2.45, 2.75) is 60.3 Å². The number of nitrogens with zero attached hydrogens (tertiary/aromatic N) is 2. The predicted octanol–water partition coefficient (Wildman–Crippen LogP) is 2.60. The largest absolute Gasteiger partial charge is 1.00 e. The number of H-pyrrole nitrogens is 1. The molecule has 0 saturated heterocycles. The Labute approximate surface area is 177 Å². The zero-order chi connectivity index (χ0) is 18.7. The number of nitrogens with one attached hydrogen (secondary N) is 1. The molecule has 3 nitrogen and oxygen atoms in total. The molecule has 0 saturated carbocycles. The van der Waals surface area contributed by atoms with E-state index in [0.29, 0.717) is 0 Å². The van der Waals surface area contributed by atoms with Crippen LogP contribution in [0.25, 0.3) is 10.9 Å². The Morgan fingerprint density at radius 3 is 2.04 bits per heavy atom. The van der Waals surface area contributed by atoms with Gasteiger partial charge in [-0.05, 0) is 43.9 Å². The van der Waals surface area contributed by atoms with Gasteiger partial charge in [0.15, 0.2) is 0 Å². The average molecular weight is 469 g/mol. The number of rotatable bonds is 9. The molecule has 1 heterocycles. The third-order valence-electron chi connectivity index (χ3n) is 4.87. The lowest BCUT2D eigenvalue weighted by atomic mass is 10.1. The number of benzene rings is 1. The highest BCUT2D eigenvalue weighted by Gasteiger charge is 2.24. The maximum Gasteiger partial charge on any atom is 0.0828 e. The molecule has 1 aromatic heterocycles. The minimum Gasteiger partial charge on any atom is -1.00 e. The normalized spacial score (nSPS) is 10.6. The smallest absolute Gasteiger partial charge is 0.0828 e. The van der Waals surface area contributed by atoms with Gasteiger partial charge in [0.2, 0.25) is 0 Å². The number of halogens is 1. The molecule has 0 aliphatic heterocycles. The molecule has 0 fully saturated rings. The second-order valence-electron chi connectivity index (χ2n) is 7.07. The zero-order valence-corrected chi connectivity index (χ0v) is 19.4. The van der Waals surface area contributed by atoms with Crippen molar-refractivity contribution in [3.63, 3.8) is 0 Å². The number of quaternary nitrogens is 1. The summed E-state index contributed by atoms with van der Waals surface area (Å²) in [5.41, 5.74) is 4.12. The van der Waals surface area contributed by atoms with Crippen molar-refractivity contribution >= 4 is 10.9 Å². The molecule has 1 N–H and O–H groups in total. The number of hydrogen-bond donors (Lipinski definition) is 1. The van der Waals surface area contributed by atoms with E-state index in [1.165, 1.54) is 85.3 Å². The van der Waals surface area contributed by atoms with E-state index >= 15 is 0 Å². The lowest BCUT2D eigenvalue weighted by molar-refractivity contribution is -0.928. The number of nitriles is 1. The molecule has 2 rings (SSSR count). The van der Waals surface area contributed by atoms with Crippen LogP contribution in [0.3, 0.4) is 0 Å². The number of aromatic amines is 1. The van der Waals surface area contributed by atoms with E-state index < -0.39 is 0 Å². The Hall–Kier alpha value is -1.06. The van der Waals surface area contributed by atoms with Gasteiger partial charge >= 0.3 is 0 Å². The van der Waals surface area contributed by atoms with Crippen molar-refractivity contribution in [3.05, 3.63) is 35.5 Å². The van der Waals surface area contributed by atoms with Crippen molar-refractivity contribution in [3.8, 4) is 6.07 Å². The van der Waals surface area contributed by atoms with E-state index in [0.717, 1.165) is 0 Å². The standard InChI is InChI=1S/C20H33N2.C2H3N.HI/c1-5-11-22(12-6-2,13-7-3)14-10-18-16-21-20-9-8-17(4)15-19(18)20;1-2-3;/h8-9,15-16,21H,5-7,10-14H2,1-4H3;1H3;1H/q+1;;/p-1. The summed E-state index contributed by atoms with van der Waals surface area (Å²) in [4.78, 5) is 3.44. The van der Waals surface area contributed by atoms with E-state index in [2.05, 4.69) is 57.1 Å². The second kappa shape index (κ2) is 13.2. The number of aromatic nitrogens is 1. The first-order valence-electron chi connectivity index (χ1n) is 9.78. The van der Waals surface area contributed by atoms with Gasteiger partial charge in [-0.3, -0.25) is 0 Å². The van der Waals surface area contributed by atoms with Gasteiger partial charge in [0.05, 0.1) is 32.2 Å². The molecule has 26 heavy (non-hydrogen) atoms. The van der Waals surface area contributed by atoms with Crippen LogP contribution in [0.2, 0.25) is 0 Å². The molecule has 1 aromatic carbocycles. The first kappa shape index (κ1) is 24.9. The summed E-state index contributed by atoms with van der Waals surface area (Å²) in [6.45, 7) is 15.8. The number of hydrogen-bond acceptors (Lipinski definition) is 1. The summed E-state index contributed by atoms with van der Waals surface area (Å²) in [6, 6.07) is 8.48. The first-order valence-corrected chi connectivity index (χ1v) is 9.78. The van der Waals surface area contributed by atoms with Crippen LogP contribution in [-0.4, -0.2) is 35.6 Å². The molecular formula is C22H36IN3. The molecule has 0 bridgehead atoms. The molecule has 0 atom stereocenters. The molecule has 0 unspecified atom stereocenters. The van der Waals surface area contributed by atoms with Crippen LogP contribution in [0.5, 0.6) is 0 Å². The van der Waals surface area contributed by atoms with Gasteiger partial charge in [0.25, 0.3) is 0 Å². The van der Waals surface area contributed by atoms with Crippen LogP contribution in [0.4, 0.5) is 0 Å². The summed E-state index contributed by atoms with van der Waals surface area (Å²) >= 11 is 0. The first-order chi connectivity index (χ1) is 12.1. The SMILES string of the molecule is CC#N.CCC[N+](CCC)(CCC)CCc1c[nH]c2ccc(C)cc12.[I-]. The van der Waals surface area contributed by atoms with Crippen molar-refractivity contribution in [2.24, 2.45) is 0 Å². The van der Waals surface area contributed by atoms with Crippen LogP contribution in [0.15, 0.2) is 24.4 Å². The van der Waals surface area contributed by atoms with Gasteiger partial charge in [-0.1, -0.05) is 32.4 Å². The van der Waals surface area contributed by atoms with Gasteiger partial charge in [-0.15, -0.1) is 0 Å². The monoisotopic (exact) mass is 469 g/mol. The Kier molecular flexibility index (Phi) is 12.6. The topological polar surface area (TPSA) is 39.6 Å². The van der Waals surface area contributed by atoms with Crippen molar-refractivity contribution in [1.29, 1.82) is 5.26 Å². The molecule has 0 aliphatic rings. The van der Waals surface area contributed by atoms with Crippen molar-refractivity contribution in [1.82, 2.24) is 4.98 Å². The van der Waals surface area contributed by atoms with E-state index in [1.807, 2.05) is 0 Å². The molecule has 0 spiro atoms. The predicted molar refractivity (Wildman–Crippen MR) is 109 cm³/mol. The maximum absolute atomic E-state index is 7.32. The minimum absolute atomic E-state index is 0. The molecule has 0 radical (unpaired) electrons. The van der Waals surface area contributed by atoms with E-state index in [4.69, 9.17) is 5.26 Å². The molecule has 146 valence electrons. The second-order valence-corrected chi connectivity index (χ2v) is 7.07. The van der Waals surface area contributed by atoms with Gasteiger partial charge < -0.3 is 33.4 Å². The summed E-state index contributed by atoms with van der Waals surface area (Å²) in [5.74, 6) is 0. The molecule has 0 amide bonds. The highest BCUT2D eigenvalue weighted by molar-refractivity contribution is 5.83. The van der Waals surface area contributed by atoms with Gasteiger partial charge in [-0.2, -0.15) is 5.26 Å². The fourth-order valence-corrected chi connectivity index (χ4v) is 3.95. The third kappa shape index (κ3) is 7.28. The van der Waals surface area contributed by atoms with Crippen molar-refractivity contribution in [2.75, 3.05) is 26.2 Å². The van der Waals surface area contributed by atoms with E-state index in [-0.39, 0.29) is 24.0 Å². The van der Waals surface area contributed by atoms with Gasteiger partial charge in [0.1, 0.15) is 0 Å². The lowest BCUT2D eigenvalue weighted by Crippen LogP contribution is -3.00. The highest BCUT2D eigenvalue weighted by Crippen LogP contribution is 2.22. The average Bonchev–Trinajstić information content (AvgIpc) is 2.97. The van der Waals surface area contributed by atoms with Crippen LogP contribution < -0.4 is 24.0 Å². The molecular weight excluding hydrogens is 433 g/mol. The summed E-state index contributed by atoms with van der Waals surface area (Å²) in [5, 5.41) is 8.74. The van der Waals surface area contributed by atoms with Crippen LogP contribution in [0.1, 0.15) is 58.1 Å². The molecule has 2 aromatic rings. The fourth-order valence-electron chi connectivity index (χ4n) is 3.95.